The smallest absolute Gasteiger partial charge is 0.255 e. The van der Waals surface area contributed by atoms with Gasteiger partial charge in [0.2, 0.25) is 0 Å². The van der Waals surface area contributed by atoms with Crippen molar-refractivity contribution in [2.45, 2.75) is 18.9 Å². The van der Waals surface area contributed by atoms with Crippen LogP contribution in [-0.2, 0) is 16.0 Å². The van der Waals surface area contributed by atoms with Gasteiger partial charge in [-0.3, -0.25) is 19.3 Å². The maximum Gasteiger partial charge on any atom is 0.255 e. The van der Waals surface area contributed by atoms with Crippen molar-refractivity contribution in [3.05, 3.63) is 52.0 Å². The zero-order valence-corrected chi connectivity index (χ0v) is 16.0. The molecule has 0 fully saturated rings. The first kappa shape index (κ1) is 19.2. The highest BCUT2D eigenvalue weighted by atomic mass is 16.3. The van der Waals surface area contributed by atoms with Crippen molar-refractivity contribution in [3.63, 3.8) is 0 Å². The van der Waals surface area contributed by atoms with Gasteiger partial charge in [-0.25, -0.2) is 0 Å². The van der Waals surface area contributed by atoms with Crippen molar-refractivity contribution in [3.8, 4) is 5.75 Å². The van der Waals surface area contributed by atoms with Crippen LogP contribution in [0.5, 0.6) is 5.75 Å². The largest absolute Gasteiger partial charge is 0.511 e. The van der Waals surface area contributed by atoms with Crippen LogP contribution >= 0.6 is 0 Å². The minimum Gasteiger partial charge on any atom is -0.511 e. The lowest BCUT2D eigenvalue weighted by molar-refractivity contribution is -0.127. The SMILES string of the molecule is CN(C)[C@@H]1C(O)=C(C(N)=O)C(=O)C2C(O)=C3C(=O)c4c(O)cccc4C[C@H]3C[C@H]21. The van der Waals surface area contributed by atoms with Crippen LogP contribution in [0, 0.1) is 17.8 Å². The van der Waals surface area contributed by atoms with Gasteiger partial charge in [-0.15, -0.1) is 0 Å². The molecule has 0 radical (unpaired) electrons. The van der Waals surface area contributed by atoms with Crippen molar-refractivity contribution in [2.24, 2.45) is 23.5 Å². The molecule has 4 atom stereocenters. The first-order valence-electron chi connectivity index (χ1n) is 9.37. The fraction of sp³-hybridized carbons (Fsp3) is 0.381. The topological polar surface area (TPSA) is 141 Å². The summed E-state index contributed by atoms with van der Waals surface area (Å²) in [6, 6.07) is 4.11. The first-order chi connectivity index (χ1) is 13.6. The highest BCUT2D eigenvalue weighted by Gasteiger charge is 2.54. The monoisotopic (exact) mass is 398 g/mol. The van der Waals surface area contributed by atoms with Gasteiger partial charge in [0, 0.05) is 5.57 Å². The molecule has 3 aliphatic rings. The van der Waals surface area contributed by atoms with E-state index in [0.717, 1.165) is 0 Å². The van der Waals surface area contributed by atoms with Crippen LogP contribution < -0.4 is 5.73 Å². The number of hydrogen-bond acceptors (Lipinski definition) is 7. The van der Waals surface area contributed by atoms with Crippen LogP contribution in [0.2, 0.25) is 0 Å². The van der Waals surface area contributed by atoms with E-state index in [4.69, 9.17) is 5.73 Å². The Kier molecular flexibility index (Phi) is 4.27. The third-order valence-corrected chi connectivity index (χ3v) is 6.30. The Morgan fingerprint density at radius 2 is 1.83 bits per heavy atom. The Labute approximate surface area is 166 Å². The number of primary amides is 1. The number of nitrogens with two attached hydrogens (primary N) is 1. The van der Waals surface area contributed by atoms with Crippen LogP contribution in [0.3, 0.4) is 0 Å². The number of phenolic OH excluding ortho intramolecular Hbond substituents is 1. The first-order valence-corrected chi connectivity index (χ1v) is 9.37. The summed E-state index contributed by atoms with van der Waals surface area (Å²) in [5.74, 6) is -5.38. The number of Topliss-reactive ketones (excluding diaryl/α,β-unsaturated/α-hetero) is 2. The molecule has 8 heteroatoms. The number of hydrogen-bond donors (Lipinski definition) is 4. The standard InChI is InChI=1S/C21H22N2O6/c1-23(2)16-10-7-9-6-8-4-3-5-11(24)12(8)17(25)13(9)18(26)14(10)19(27)15(20(16)28)21(22)29/h3-5,9-10,14,16,24,26,28H,6-7H2,1-2H3,(H2,22,29)/t9-,10+,14?,16-/m0/s1. The van der Waals surface area contributed by atoms with Gasteiger partial charge in [-0.05, 0) is 50.4 Å². The average molecular weight is 398 g/mol. The number of carbonyl (C=O) groups excluding carboxylic acids is 3. The Morgan fingerprint density at radius 1 is 1.14 bits per heavy atom. The molecule has 1 unspecified atom stereocenters. The molecule has 0 heterocycles. The van der Waals surface area contributed by atoms with Crippen LogP contribution in [0.15, 0.2) is 40.9 Å². The zero-order valence-electron chi connectivity index (χ0n) is 16.0. The van der Waals surface area contributed by atoms with E-state index in [1.807, 2.05) is 0 Å². The Bertz CT molecular complexity index is 1020. The molecular weight excluding hydrogens is 376 g/mol. The summed E-state index contributed by atoms with van der Waals surface area (Å²) >= 11 is 0. The molecule has 8 nitrogen and oxygen atoms in total. The lowest BCUT2D eigenvalue weighted by Gasteiger charge is -2.46. The summed E-state index contributed by atoms with van der Waals surface area (Å²) in [6.07, 6.45) is 0.773. The van der Waals surface area contributed by atoms with E-state index < -0.39 is 52.4 Å². The zero-order chi connectivity index (χ0) is 21.2. The van der Waals surface area contributed by atoms with E-state index in [1.54, 1.807) is 31.1 Å². The number of nitrogens with zero attached hydrogens (tertiary/aromatic N) is 1. The summed E-state index contributed by atoms with van der Waals surface area (Å²) < 4.78 is 0. The Balaban J connectivity index is 1.90. The number of fused-ring (bicyclic) bond motifs is 3. The van der Waals surface area contributed by atoms with E-state index in [1.165, 1.54) is 6.07 Å². The summed E-state index contributed by atoms with van der Waals surface area (Å²) in [6.45, 7) is 0. The maximum atomic E-state index is 13.1. The number of rotatable bonds is 2. The molecule has 0 aromatic heterocycles. The Hall–Kier alpha value is -3.13. The molecule has 4 rings (SSSR count). The van der Waals surface area contributed by atoms with Crippen molar-refractivity contribution in [1.29, 1.82) is 0 Å². The lowest BCUT2D eigenvalue weighted by Crippen LogP contribution is -2.53. The third-order valence-electron chi connectivity index (χ3n) is 6.30. The molecule has 0 spiro atoms. The quantitative estimate of drug-likeness (QED) is 0.545. The molecule has 0 aliphatic heterocycles. The minimum atomic E-state index is -1.15. The predicted octanol–water partition coefficient (Wildman–Crippen LogP) is 1.01. The molecule has 0 saturated heterocycles. The van der Waals surface area contributed by atoms with Crippen molar-refractivity contribution >= 4 is 17.5 Å². The number of amides is 1. The van der Waals surface area contributed by atoms with Crippen molar-refractivity contribution < 1.29 is 29.7 Å². The second-order valence-corrected chi connectivity index (χ2v) is 8.11. The molecule has 1 aromatic carbocycles. The molecule has 5 N–H and O–H groups in total. The number of aliphatic hydroxyl groups excluding tert-OH is 2. The second-order valence-electron chi connectivity index (χ2n) is 8.11. The summed E-state index contributed by atoms with van der Waals surface area (Å²) in [7, 11) is 3.39. The van der Waals surface area contributed by atoms with Gasteiger partial charge in [0.15, 0.2) is 11.6 Å². The molecule has 0 bridgehead atoms. The minimum absolute atomic E-state index is 0.0938. The number of aromatic hydroxyl groups is 1. The fourth-order valence-electron chi connectivity index (χ4n) is 5.21. The van der Waals surface area contributed by atoms with Gasteiger partial charge < -0.3 is 21.1 Å². The number of ketones is 2. The van der Waals surface area contributed by atoms with Crippen molar-refractivity contribution in [2.75, 3.05) is 14.1 Å². The number of allylic oxidation sites excluding steroid dienone is 2. The third kappa shape index (κ3) is 2.59. The van der Waals surface area contributed by atoms with Gasteiger partial charge in [0.1, 0.15) is 22.8 Å². The molecule has 29 heavy (non-hydrogen) atoms. The van der Waals surface area contributed by atoms with Gasteiger partial charge in [0.25, 0.3) is 5.91 Å². The van der Waals surface area contributed by atoms with Gasteiger partial charge in [0.05, 0.1) is 17.5 Å². The lowest BCUT2D eigenvalue weighted by atomic mass is 9.61. The van der Waals surface area contributed by atoms with Crippen molar-refractivity contribution in [1.82, 2.24) is 4.90 Å². The van der Waals surface area contributed by atoms with Gasteiger partial charge in [-0.1, -0.05) is 12.1 Å². The normalized spacial score (nSPS) is 28.9. The van der Waals surface area contributed by atoms with Crippen LogP contribution in [0.25, 0.3) is 0 Å². The van der Waals surface area contributed by atoms with E-state index in [2.05, 4.69) is 0 Å². The number of benzene rings is 1. The maximum absolute atomic E-state index is 13.1. The fourth-order valence-corrected chi connectivity index (χ4v) is 5.21. The molecule has 3 aliphatic carbocycles. The number of likely N-dealkylation sites (N-methyl/N-ethyl adjacent to an activating group) is 1. The number of aliphatic hydroxyl groups is 2. The van der Waals surface area contributed by atoms with Crippen LogP contribution in [0.1, 0.15) is 22.3 Å². The number of carbonyl (C=O) groups is 3. The Morgan fingerprint density at radius 3 is 2.45 bits per heavy atom. The van der Waals surface area contributed by atoms with Crippen LogP contribution in [-0.4, -0.2) is 57.8 Å². The van der Waals surface area contributed by atoms with Gasteiger partial charge >= 0.3 is 0 Å². The predicted molar refractivity (Wildman–Crippen MR) is 102 cm³/mol. The van der Waals surface area contributed by atoms with Crippen LogP contribution in [0.4, 0.5) is 0 Å². The van der Waals surface area contributed by atoms with Gasteiger partial charge in [-0.2, -0.15) is 0 Å². The molecule has 1 aromatic rings. The molecule has 0 saturated carbocycles. The summed E-state index contributed by atoms with van der Waals surface area (Å²) in [5.41, 5.74) is 5.69. The summed E-state index contributed by atoms with van der Waals surface area (Å²) in [5, 5.41) is 31.8. The highest BCUT2D eigenvalue weighted by molar-refractivity contribution is 6.22. The van der Waals surface area contributed by atoms with E-state index in [-0.39, 0.29) is 22.8 Å². The molecule has 152 valence electrons. The number of phenols is 1. The second kappa shape index (κ2) is 6.45. The average Bonchev–Trinajstić information content (AvgIpc) is 2.60. The van der Waals surface area contributed by atoms with E-state index >= 15 is 0 Å². The molecular formula is C21H22N2O6. The highest BCUT2D eigenvalue weighted by Crippen LogP contribution is 2.50. The van der Waals surface area contributed by atoms with E-state index in [0.29, 0.717) is 18.4 Å². The van der Waals surface area contributed by atoms with E-state index in [9.17, 15) is 29.7 Å². The molecule has 1 amide bonds. The summed E-state index contributed by atoms with van der Waals surface area (Å²) in [4.78, 5) is 39.6.